The molecular formula is C16H15N3O4S. The Bertz CT molecular complexity index is 883. The lowest BCUT2D eigenvalue weighted by molar-refractivity contribution is -0.117. The number of para-hydroxylation sites is 2. The van der Waals surface area contributed by atoms with Gasteiger partial charge < -0.3 is 14.5 Å². The highest BCUT2D eigenvalue weighted by Gasteiger charge is 2.15. The van der Waals surface area contributed by atoms with E-state index >= 15 is 0 Å². The first-order valence-electron chi connectivity index (χ1n) is 7.31. The number of nitrogens with zero attached hydrogens (tertiary/aromatic N) is 2. The second kappa shape index (κ2) is 7.14. The number of hydrogen-bond acceptors (Lipinski definition) is 6. The molecule has 1 aromatic carbocycles. The lowest BCUT2D eigenvalue weighted by atomic mass is 10.3. The highest BCUT2D eigenvalue weighted by atomic mass is 32.1. The average molecular weight is 345 g/mol. The smallest absolute Gasteiger partial charge is 0.437 e. The minimum Gasteiger partial charge on any atom is -0.492 e. The molecule has 124 valence electrons. The molecule has 3 rings (SSSR count). The molecule has 0 bridgehead atoms. The number of carbonyl (C=O) groups excluding carboxylic acids is 1. The Balaban J connectivity index is 1.73. The fourth-order valence-electron chi connectivity index (χ4n) is 2.08. The first-order valence-corrected chi connectivity index (χ1v) is 8.19. The van der Waals surface area contributed by atoms with Gasteiger partial charge in [0, 0.05) is 0 Å². The van der Waals surface area contributed by atoms with E-state index in [-0.39, 0.29) is 12.4 Å². The molecule has 1 amide bonds. The van der Waals surface area contributed by atoms with Gasteiger partial charge in [0.05, 0.1) is 17.2 Å². The second-order valence-electron chi connectivity index (χ2n) is 4.79. The summed E-state index contributed by atoms with van der Waals surface area (Å²) in [4.78, 5) is 24.7. The largest absolute Gasteiger partial charge is 0.492 e. The molecule has 0 aliphatic rings. The summed E-state index contributed by atoms with van der Waals surface area (Å²) < 4.78 is 11.5. The maximum Gasteiger partial charge on any atom is 0.437 e. The molecule has 2 aromatic heterocycles. The molecule has 0 saturated heterocycles. The molecule has 0 saturated carbocycles. The lowest BCUT2D eigenvalue weighted by Gasteiger charge is -2.10. The number of thiophene rings is 1. The van der Waals surface area contributed by atoms with Crippen molar-refractivity contribution in [1.29, 1.82) is 0 Å². The summed E-state index contributed by atoms with van der Waals surface area (Å²) in [7, 11) is 0. The molecule has 2 heterocycles. The Hall–Kier alpha value is -2.87. The fraction of sp³-hybridized carbons (Fsp3) is 0.188. The van der Waals surface area contributed by atoms with E-state index in [1.165, 1.54) is 11.3 Å². The Morgan fingerprint density at radius 3 is 2.92 bits per heavy atom. The number of benzene rings is 1. The van der Waals surface area contributed by atoms with Crippen molar-refractivity contribution in [3.05, 3.63) is 52.3 Å². The van der Waals surface area contributed by atoms with Crippen molar-refractivity contribution < 1.29 is 13.9 Å². The summed E-state index contributed by atoms with van der Waals surface area (Å²) in [5, 5.41) is 8.61. The van der Waals surface area contributed by atoms with E-state index < -0.39 is 11.7 Å². The standard InChI is InChI=1S/C16H15N3O4S/c1-2-22-12-7-4-3-6-11(12)17-14(20)10-19-16(21)23-15(18-19)13-8-5-9-24-13/h3-9H,2,10H2,1H3,(H,17,20). The van der Waals surface area contributed by atoms with Crippen LogP contribution in [0.1, 0.15) is 6.92 Å². The first-order chi connectivity index (χ1) is 11.7. The van der Waals surface area contributed by atoms with Crippen molar-refractivity contribution in [3.8, 4) is 16.5 Å². The van der Waals surface area contributed by atoms with Crippen LogP contribution in [-0.4, -0.2) is 22.3 Å². The van der Waals surface area contributed by atoms with E-state index in [0.717, 1.165) is 9.56 Å². The molecule has 0 aliphatic carbocycles. The van der Waals surface area contributed by atoms with Crippen LogP contribution >= 0.6 is 11.3 Å². The Morgan fingerprint density at radius 1 is 1.33 bits per heavy atom. The minimum atomic E-state index is -0.674. The van der Waals surface area contributed by atoms with Gasteiger partial charge in [0.25, 0.3) is 5.89 Å². The third kappa shape index (κ3) is 3.54. The van der Waals surface area contributed by atoms with Gasteiger partial charge in [0.1, 0.15) is 12.3 Å². The van der Waals surface area contributed by atoms with E-state index in [0.29, 0.717) is 18.0 Å². The zero-order valence-corrected chi connectivity index (χ0v) is 13.7. The minimum absolute atomic E-state index is 0.206. The molecule has 7 nitrogen and oxygen atoms in total. The van der Waals surface area contributed by atoms with Crippen LogP contribution in [0.5, 0.6) is 5.75 Å². The van der Waals surface area contributed by atoms with Crippen molar-refractivity contribution >= 4 is 22.9 Å². The van der Waals surface area contributed by atoms with Gasteiger partial charge in [-0.15, -0.1) is 16.4 Å². The van der Waals surface area contributed by atoms with Crippen LogP contribution < -0.4 is 15.8 Å². The highest BCUT2D eigenvalue weighted by molar-refractivity contribution is 7.13. The van der Waals surface area contributed by atoms with Crippen LogP contribution in [0.4, 0.5) is 5.69 Å². The molecule has 1 N–H and O–H groups in total. The summed E-state index contributed by atoms with van der Waals surface area (Å²) in [6.45, 7) is 2.10. The Morgan fingerprint density at radius 2 is 2.17 bits per heavy atom. The summed E-state index contributed by atoms with van der Waals surface area (Å²) >= 11 is 1.40. The van der Waals surface area contributed by atoms with Crippen LogP contribution in [0.25, 0.3) is 10.8 Å². The number of anilines is 1. The molecule has 0 atom stereocenters. The number of nitrogens with one attached hydrogen (secondary N) is 1. The van der Waals surface area contributed by atoms with E-state index in [9.17, 15) is 9.59 Å². The SMILES string of the molecule is CCOc1ccccc1NC(=O)Cn1nc(-c2cccs2)oc1=O. The van der Waals surface area contributed by atoms with Gasteiger partial charge in [-0.2, -0.15) is 4.68 Å². The monoisotopic (exact) mass is 345 g/mol. The van der Waals surface area contributed by atoms with Gasteiger partial charge in [-0.3, -0.25) is 4.79 Å². The van der Waals surface area contributed by atoms with Gasteiger partial charge >= 0.3 is 5.76 Å². The quantitative estimate of drug-likeness (QED) is 0.742. The molecule has 0 radical (unpaired) electrons. The molecule has 0 fully saturated rings. The fourth-order valence-corrected chi connectivity index (χ4v) is 2.73. The third-order valence-corrected chi connectivity index (χ3v) is 3.95. The number of amides is 1. The van der Waals surface area contributed by atoms with Gasteiger partial charge in [0.2, 0.25) is 5.91 Å². The highest BCUT2D eigenvalue weighted by Crippen LogP contribution is 2.24. The van der Waals surface area contributed by atoms with Crippen molar-refractivity contribution in [1.82, 2.24) is 9.78 Å². The van der Waals surface area contributed by atoms with Crippen LogP contribution in [0.3, 0.4) is 0 Å². The normalized spacial score (nSPS) is 10.5. The van der Waals surface area contributed by atoms with E-state index in [1.54, 1.807) is 24.3 Å². The number of hydrogen-bond donors (Lipinski definition) is 1. The summed E-state index contributed by atoms with van der Waals surface area (Å²) in [5.74, 6) is -0.292. The first kappa shape index (κ1) is 16.0. The zero-order chi connectivity index (χ0) is 16.9. The van der Waals surface area contributed by atoms with Crippen LogP contribution in [0.2, 0.25) is 0 Å². The van der Waals surface area contributed by atoms with Crippen LogP contribution in [0, 0.1) is 0 Å². The Labute approximate surface area is 141 Å². The van der Waals surface area contributed by atoms with E-state index in [1.807, 2.05) is 24.4 Å². The maximum absolute atomic E-state index is 12.2. The number of rotatable bonds is 6. The predicted molar refractivity (Wildman–Crippen MR) is 90.3 cm³/mol. The maximum atomic E-state index is 12.2. The molecule has 8 heteroatoms. The Kier molecular flexibility index (Phi) is 4.76. The van der Waals surface area contributed by atoms with Crippen molar-refractivity contribution in [2.24, 2.45) is 0 Å². The molecule has 0 spiro atoms. The molecule has 3 aromatic rings. The molecule has 0 aliphatic heterocycles. The van der Waals surface area contributed by atoms with Gasteiger partial charge in [-0.1, -0.05) is 18.2 Å². The zero-order valence-electron chi connectivity index (χ0n) is 12.9. The molecular weight excluding hydrogens is 330 g/mol. The van der Waals surface area contributed by atoms with Gasteiger partial charge in [-0.25, -0.2) is 4.79 Å². The molecule has 24 heavy (non-hydrogen) atoms. The van der Waals surface area contributed by atoms with Crippen molar-refractivity contribution in [3.63, 3.8) is 0 Å². The predicted octanol–water partition coefficient (Wildman–Crippen LogP) is 2.60. The third-order valence-electron chi connectivity index (χ3n) is 3.09. The van der Waals surface area contributed by atoms with E-state index in [4.69, 9.17) is 9.15 Å². The average Bonchev–Trinajstić information content (AvgIpc) is 3.20. The number of aromatic nitrogens is 2. The van der Waals surface area contributed by atoms with Crippen LogP contribution in [0.15, 0.2) is 51.0 Å². The summed E-state index contributed by atoms with van der Waals surface area (Å²) in [5.41, 5.74) is 0.541. The van der Waals surface area contributed by atoms with Gasteiger partial charge in [0.15, 0.2) is 0 Å². The van der Waals surface area contributed by atoms with Crippen molar-refractivity contribution in [2.75, 3.05) is 11.9 Å². The molecule has 0 unspecified atom stereocenters. The van der Waals surface area contributed by atoms with Crippen LogP contribution in [-0.2, 0) is 11.3 Å². The number of ether oxygens (including phenoxy) is 1. The van der Waals surface area contributed by atoms with Gasteiger partial charge in [-0.05, 0) is 30.5 Å². The van der Waals surface area contributed by atoms with Crippen molar-refractivity contribution in [2.45, 2.75) is 13.5 Å². The number of carbonyl (C=O) groups is 1. The lowest BCUT2D eigenvalue weighted by Crippen LogP contribution is -2.26. The summed E-state index contributed by atoms with van der Waals surface area (Å²) in [6, 6.07) is 10.7. The summed E-state index contributed by atoms with van der Waals surface area (Å²) in [6.07, 6.45) is 0. The second-order valence-corrected chi connectivity index (χ2v) is 5.73. The van der Waals surface area contributed by atoms with E-state index in [2.05, 4.69) is 10.4 Å². The topological polar surface area (TPSA) is 86.4 Å².